The summed E-state index contributed by atoms with van der Waals surface area (Å²) in [6, 6.07) is 3.19. The minimum Gasteiger partial charge on any atom is -0.439 e. The Bertz CT molecular complexity index is 566. The first-order chi connectivity index (χ1) is 8.36. The zero-order chi connectivity index (χ0) is 13.3. The monoisotopic (exact) mass is 274 g/mol. The SMILES string of the molecule is Cc1coc(Sc2ccc(C(F)(F)F)cc2N)n1. The summed E-state index contributed by atoms with van der Waals surface area (Å²) in [4.78, 5) is 4.51. The summed E-state index contributed by atoms with van der Waals surface area (Å²) in [6.07, 6.45) is -2.93. The van der Waals surface area contributed by atoms with Crippen LogP contribution in [0, 0.1) is 6.92 Å². The molecule has 3 nitrogen and oxygen atoms in total. The van der Waals surface area contributed by atoms with Gasteiger partial charge >= 0.3 is 6.18 Å². The fraction of sp³-hybridized carbons (Fsp3) is 0.182. The molecule has 2 rings (SSSR count). The summed E-state index contributed by atoms with van der Waals surface area (Å²) in [6.45, 7) is 1.75. The van der Waals surface area contributed by atoms with Crippen molar-refractivity contribution < 1.29 is 17.6 Å². The average molecular weight is 274 g/mol. The van der Waals surface area contributed by atoms with E-state index in [9.17, 15) is 13.2 Å². The van der Waals surface area contributed by atoms with Gasteiger partial charge in [-0.2, -0.15) is 13.2 Å². The van der Waals surface area contributed by atoms with Gasteiger partial charge in [-0.25, -0.2) is 4.98 Å². The molecule has 0 unspecified atom stereocenters. The van der Waals surface area contributed by atoms with E-state index in [1.807, 2.05) is 0 Å². The number of rotatable bonds is 2. The normalized spacial score (nSPS) is 11.8. The number of aryl methyl sites for hydroxylation is 1. The van der Waals surface area contributed by atoms with E-state index in [1.165, 1.54) is 12.3 Å². The Morgan fingerprint density at radius 2 is 2.06 bits per heavy atom. The summed E-state index contributed by atoms with van der Waals surface area (Å²) in [5, 5.41) is 0.346. The molecule has 0 aliphatic rings. The van der Waals surface area contributed by atoms with Crippen molar-refractivity contribution in [2.24, 2.45) is 0 Å². The number of hydrogen-bond donors (Lipinski definition) is 1. The molecule has 7 heteroatoms. The first kappa shape index (κ1) is 12.8. The Morgan fingerprint density at radius 3 is 2.56 bits per heavy atom. The average Bonchev–Trinajstić information content (AvgIpc) is 2.65. The maximum Gasteiger partial charge on any atom is 0.416 e. The molecular weight excluding hydrogens is 265 g/mol. The number of nitrogens with zero attached hydrogens (tertiary/aromatic N) is 1. The number of nitrogens with two attached hydrogens (primary N) is 1. The van der Waals surface area contributed by atoms with Gasteiger partial charge in [0, 0.05) is 10.6 Å². The summed E-state index contributed by atoms with van der Waals surface area (Å²) in [5.74, 6) is 0. The molecular formula is C11H9F3N2OS. The molecule has 1 aromatic carbocycles. The largest absolute Gasteiger partial charge is 0.439 e. The molecule has 1 heterocycles. The Kier molecular flexibility index (Phi) is 3.25. The fourth-order valence-electron chi connectivity index (χ4n) is 1.29. The second kappa shape index (κ2) is 4.56. The second-order valence-electron chi connectivity index (χ2n) is 3.61. The van der Waals surface area contributed by atoms with Crippen LogP contribution in [0.2, 0.25) is 0 Å². The third-order valence-electron chi connectivity index (χ3n) is 2.13. The van der Waals surface area contributed by atoms with Crippen LogP contribution in [0.1, 0.15) is 11.3 Å². The maximum atomic E-state index is 12.4. The van der Waals surface area contributed by atoms with Crippen molar-refractivity contribution in [3.8, 4) is 0 Å². The van der Waals surface area contributed by atoms with Gasteiger partial charge in [0.05, 0.1) is 11.3 Å². The number of benzene rings is 1. The molecule has 0 aliphatic heterocycles. The fourth-order valence-corrected chi connectivity index (χ4v) is 2.08. The van der Waals surface area contributed by atoms with Crippen LogP contribution in [0.3, 0.4) is 0 Å². The number of alkyl halides is 3. The molecule has 2 N–H and O–H groups in total. The van der Waals surface area contributed by atoms with Crippen LogP contribution in [-0.4, -0.2) is 4.98 Å². The van der Waals surface area contributed by atoms with Crippen LogP contribution in [0.5, 0.6) is 0 Å². The van der Waals surface area contributed by atoms with Gasteiger partial charge in [0.25, 0.3) is 5.22 Å². The number of halogens is 3. The molecule has 0 amide bonds. The molecule has 2 aromatic rings. The van der Waals surface area contributed by atoms with Crippen LogP contribution in [0.15, 0.2) is 39.0 Å². The van der Waals surface area contributed by atoms with Crippen molar-refractivity contribution in [1.82, 2.24) is 4.98 Å². The van der Waals surface area contributed by atoms with Crippen LogP contribution in [-0.2, 0) is 6.18 Å². The van der Waals surface area contributed by atoms with Crippen molar-refractivity contribution in [2.45, 2.75) is 23.2 Å². The van der Waals surface area contributed by atoms with Gasteiger partial charge in [-0.1, -0.05) is 0 Å². The van der Waals surface area contributed by atoms with E-state index in [1.54, 1.807) is 6.92 Å². The smallest absolute Gasteiger partial charge is 0.416 e. The summed E-state index contributed by atoms with van der Waals surface area (Å²) in [7, 11) is 0. The van der Waals surface area contributed by atoms with Crippen LogP contribution < -0.4 is 5.73 Å². The van der Waals surface area contributed by atoms with Crippen molar-refractivity contribution >= 4 is 17.4 Å². The third-order valence-corrected chi connectivity index (χ3v) is 3.09. The first-order valence-corrected chi connectivity index (χ1v) is 5.74. The molecule has 96 valence electrons. The van der Waals surface area contributed by atoms with Gasteiger partial charge in [-0.05, 0) is 36.9 Å². The second-order valence-corrected chi connectivity index (χ2v) is 4.60. The predicted molar refractivity (Wildman–Crippen MR) is 61.2 cm³/mol. The van der Waals surface area contributed by atoms with E-state index in [0.717, 1.165) is 23.9 Å². The Balaban J connectivity index is 2.25. The van der Waals surface area contributed by atoms with Crippen molar-refractivity contribution in [1.29, 1.82) is 0 Å². The van der Waals surface area contributed by atoms with Crippen molar-refractivity contribution in [3.63, 3.8) is 0 Å². The number of anilines is 1. The first-order valence-electron chi connectivity index (χ1n) is 4.93. The molecule has 0 saturated heterocycles. The van der Waals surface area contributed by atoms with Gasteiger partial charge in [0.15, 0.2) is 0 Å². The topological polar surface area (TPSA) is 52.0 Å². The highest BCUT2D eigenvalue weighted by Gasteiger charge is 2.30. The molecule has 0 aliphatic carbocycles. The molecule has 18 heavy (non-hydrogen) atoms. The minimum absolute atomic E-state index is 0.0469. The van der Waals surface area contributed by atoms with Gasteiger partial charge in [0.2, 0.25) is 0 Å². The third kappa shape index (κ3) is 2.79. The molecule has 0 fully saturated rings. The zero-order valence-corrected chi connectivity index (χ0v) is 10.1. The summed E-state index contributed by atoms with van der Waals surface area (Å²) < 4.78 is 42.4. The lowest BCUT2D eigenvalue weighted by Gasteiger charge is -2.09. The Morgan fingerprint density at radius 1 is 1.33 bits per heavy atom. The Hall–Kier alpha value is -1.63. The van der Waals surface area contributed by atoms with E-state index in [4.69, 9.17) is 10.2 Å². The lowest BCUT2D eigenvalue weighted by atomic mass is 10.2. The molecule has 1 aromatic heterocycles. The number of oxazole rings is 1. The molecule has 0 bridgehead atoms. The highest BCUT2D eigenvalue weighted by atomic mass is 32.2. The standard InChI is InChI=1S/C11H9F3N2OS/c1-6-5-17-10(16-6)18-9-3-2-7(4-8(9)15)11(12,13)14/h2-5H,15H2,1H3. The van der Waals surface area contributed by atoms with Gasteiger partial charge in [-0.3, -0.25) is 0 Å². The van der Waals surface area contributed by atoms with E-state index >= 15 is 0 Å². The van der Waals surface area contributed by atoms with E-state index < -0.39 is 11.7 Å². The predicted octanol–water partition coefficient (Wildman–Crippen LogP) is 3.74. The van der Waals surface area contributed by atoms with Crippen LogP contribution in [0.25, 0.3) is 0 Å². The lowest BCUT2D eigenvalue weighted by Crippen LogP contribution is -2.05. The maximum absolute atomic E-state index is 12.4. The quantitative estimate of drug-likeness (QED) is 0.848. The van der Waals surface area contributed by atoms with E-state index in [-0.39, 0.29) is 5.69 Å². The Labute approximate surface area is 105 Å². The summed E-state index contributed by atoms with van der Waals surface area (Å²) in [5.41, 5.74) is 5.56. The number of nitrogen functional groups attached to an aromatic ring is 1. The number of hydrogen-bond acceptors (Lipinski definition) is 4. The van der Waals surface area contributed by atoms with E-state index in [0.29, 0.717) is 15.8 Å². The number of aromatic nitrogens is 1. The molecule has 0 radical (unpaired) electrons. The van der Waals surface area contributed by atoms with Crippen molar-refractivity contribution in [2.75, 3.05) is 5.73 Å². The van der Waals surface area contributed by atoms with Crippen LogP contribution >= 0.6 is 11.8 Å². The highest BCUT2D eigenvalue weighted by Crippen LogP contribution is 2.36. The summed E-state index contributed by atoms with van der Waals surface area (Å²) >= 11 is 1.08. The van der Waals surface area contributed by atoms with Gasteiger partial charge in [0.1, 0.15) is 6.26 Å². The van der Waals surface area contributed by atoms with E-state index in [2.05, 4.69) is 4.98 Å². The molecule has 0 atom stereocenters. The lowest BCUT2D eigenvalue weighted by molar-refractivity contribution is -0.137. The minimum atomic E-state index is -4.39. The molecule has 0 saturated carbocycles. The highest BCUT2D eigenvalue weighted by molar-refractivity contribution is 7.99. The zero-order valence-electron chi connectivity index (χ0n) is 9.28. The van der Waals surface area contributed by atoms with Gasteiger partial charge < -0.3 is 10.2 Å². The molecule has 0 spiro atoms. The van der Waals surface area contributed by atoms with Crippen molar-refractivity contribution in [3.05, 3.63) is 35.7 Å². The van der Waals surface area contributed by atoms with Gasteiger partial charge in [-0.15, -0.1) is 0 Å². The van der Waals surface area contributed by atoms with Crippen LogP contribution in [0.4, 0.5) is 18.9 Å².